The summed E-state index contributed by atoms with van der Waals surface area (Å²) in [6.45, 7) is 3.80. The largest absolute Gasteiger partial charge is 0.440 e. The Labute approximate surface area is 79.6 Å². The van der Waals surface area contributed by atoms with Gasteiger partial charge in [-0.1, -0.05) is 13.8 Å². The van der Waals surface area contributed by atoms with E-state index in [0.29, 0.717) is 11.4 Å². The van der Waals surface area contributed by atoms with Crippen LogP contribution in [0.5, 0.6) is 0 Å². The van der Waals surface area contributed by atoms with Gasteiger partial charge in [0.1, 0.15) is 5.52 Å². The Bertz CT molecular complexity index is 437. The summed E-state index contributed by atoms with van der Waals surface area (Å²) in [4.78, 5) is 4.04. The smallest absolute Gasteiger partial charge is 0.198 e. The number of hydrogen-bond donors (Lipinski definition) is 0. The van der Waals surface area contributed by atoms with Crippen molar-refractivity contribution in [3.05, 3.63) is 29.7 Å². The second kappa shape index (κ2) is 3.04. The molecule has 0 aliphatic carbocycles. The molecule has 74 valence electrons. The quantitative estimate of drug-likeness (QED) is 0.701. The molecule has 0 amide bonds. The number of halogens is 2. The summed E-state index contributed by atoms with van der Waals surface area (Å²) in [5.74, 6) is -1.22. The Morgan fingerprint density at radius 1 is 1.21 bits per heavy atom. The van der Waals surface area contributed by atoms with Crippen LogP contribution in [0.2, 0.25) is 0 Å². The zero-order valence-corrected chi connectivity index (χ0v) is 7.84. The second-order valence-electron chi connectivity index (χ2n) is 3.44. The molecule has 0 aliphatic heterocycles. The van der Waals surface area contributed by atoms with Crippen LogP contribution in [0.15, 0.2) is 16.5 Å². The van der Waals surface area contributed by atoms with Crippen LogP contribution in [0.3, 0.4) is 0 Å². The third kappa shape index (κ3) is 1.36. The SMILES string of the molecule is CC(C)c1nc2cc(F)c(F)cc2o1. The molecule has 0 atom stereocenters. The highest BCUT2D eigenvalue weighted by atomic mass is 19.2. The first-order valence-electron chi connectivity index (χ1n) is 4.33. The van der Waals surface area contributed by atoms with Crippen molar-refractivity contribution in [2.24, 2.45) is 0 Å². The average Bonchev–Trinajstić information content (AvgIpc) is 2.48. The van der Waals surface area contributed by atoms with Gasteiger partial charge in [-0.15, -0.1) is 0 Å². The molecule has 1 heterocycles. The molecule has 2 rings (SSSR count). The number of oxazole rings is 1. The van der Waals surface area contributed by atoms with E-state index in [1.54, 1.807) is 0 Å². The normalized spacial score (nSPS) is 11.5. The van der Waals surface area contributed by atoms with E-state index < -0.39 is 11.6 Å². The molecule has 0 N–H and O–H groups in total. The van der Waals surface area contributed by atoms with Gasteiger partial charge in [-0.25, -0.2) is 13.8 Å². The van der Waals surface area contributed by atoms with Crippen LogP contribution in [0.25, 0.3) is 11.1 Å². The zero-order valence-electron chi connectivity index (χ0n) is 7.84. The Balaban J connectivity index is 2.66. The molecule has 0 aliphatic rings. The molecule has 0 saturated carbocycles. The van der Waals surface area contributed by atoms with Gasteiger partial charge in [0.15, 0.2) is 23.1 Å². The maximum absolute atomic E-state index is 12.8. The average molecular weight is 197 g/mol. The number of aromatic nitrogens is 1. The van der Waals surface area contributed by atoms with Crippen LogP contribution in [0.4, 0.5) is 8.78 Å². The molecule has 0 bridgehead atoms. The fourth-order valence-electron chi connectivity index (χ4n) is 1.19. The van der Waals surface area contributed by atoms with Crippen LogP contribution < -0.4 is 0 Å². The molecule has 4 heteroatoms. The van der Waals surface area contributed by atoms with Gasteiger partial charge in [-0.05, 0) is 0 Å². The van der Waals surface area contributed by atoms with Gasteiger partial charge in [0.25, 0.3) is 0 Å². The van der Waals surface area contributed by atoms with Crippen molar-refractivity contribution in [1.82, 2.24) is 4.98 Å². The van der Waals surface area contributed by atoms with E-state index in [2.05, 4.69) is 4.98 Å². The summed E-state index contributed by atoms with van der Waals surface area (Å²) in [6, 6.07) is 2.06. The molecule has 0 fully saturated rings. The van der Waals surface area contributed by atoms with E-state index in [1.807, 2.05) is 13.8 Å². The summed E-state index contributed by atoms with van der Waals surface area (Å²) in [6.07, 6.45) is 0. The summed E-state index contributed by atoms with van der Waals surface area (Å²) in [5.41, 5.74) is 0.639. The third-order valence-corrected chi connectivity index (χ3v) is 1.94. The first kappa shape index (κ1) is 9.12. The highest BCUT2D eigenvalue weighted by molar-refractivity contribution is 5.72. The van der Waals surface area contributed by atoms with Crippen molar-refractivity contribution < 1.29 is 13.2 Å². The molecular formula is C10H9F2NO. The molecule has 2 aromatic rings. The van der Waals surface area contributed by atoms with Gasteiger partial charge >= 0.3 is 0 Å². The Morgan fingerprint density at radius 2 is 1.86 bits per heavy atom. The van der Waals surface area contributed by atoms with E-state index in [1.165, 1.54) is 0 Å². The molecule has 0 unspecified atom stereocenters. The molecule has 1 aromatic heterocycles. The molecule has 2 nitrogen and oxygen atoms in total. The van der Waals surface area contributed by atoms with Crippen molar-refractivity contribution in [3.63, 3.8) is 0 Å². The number of benzene rings is 1. The summed E-state index contributed by atoms with van der Waals surface area (Å²) in [5, 5.41) is 0. The van der Waals surface area contributed by atoms with Crippen LogP contribution in [-0.4, -0.2) is 4.98 Å². The van der Waals surface area contributed by atoms with Crippen molar-refractivity contribution in [3.8, 4) is 0 Å². The van der Waals surface area contributed by atoms with Crippen LogP contribution in [-0.2, 0) is 0 Å². The Hall–Kier alpha value is -1.45. The zero-order chi connectivity index (χ0) is 10.3. The lowest BCUT2D eigenvalue weighted by atomic mass is 10.2. The van der Waals surface area contributed by atoms with Gasteiger partial charge in [-0.3, -0.25) is 0 Å². The maximum Gasteiger partial charge on any atom is 0.198 e. The monoisotopic (exact) mass is 197 g/mol. The topological polar surface area (TPSA) is 26.0 Å². The van der Waals surface area contributed by atoms with E-state index in [0.717, 1.165) is 12.1 Å². The molecular weight excluding hydrogens is 188 g/mol. The predicted molar refractivity (Wildman–Crippen MR) is 48.0 cm³/mol. The number of rotatable bonds is 1. The Kier molecular flexibility index (Phi) is 1.98. The first-order valence-corrected chi connectivity index (χ1v) is 4.33. The lowest BCUT2D eigenvalue weighted by Crippen LogP contribution is -1.85. The standard InChI is InChI=1S/C10H9F2NO/c1-5(2)10-13-8-3-6(11)7(12)4-9(8)14-10/h3-5H,1-2H3. The van der Waals surface area contributed by atoms with E-state index in [4.69, 9.17) is 4.42 Å². The van der Waals surface area contributed by atoms with Gasteiger partial charge in [-0.2, -0.15) is 0 Å². The van der Waals surface area contributed by atoms with Crippen LogP contribution in [0, 0.1) is 11.6 Å². The van der Waals surface area contributed by atoms with E-state index in [-0.39, 0.29) is 11.5 Å². The van der Waals surface area contributed by atoms with E-state index >= 15 is 0 Å². The fraction of sp³-hybridized carbons (Fsp3) is 0.300. The number of nitrogens with zero attached hydrogens (tertiary/aromatic N) is 1. The van der Waals surface area contributed by atoms with Crippen LogP contribution >= 0.6 is 0 Å². The van der Waals surface area contributed by atoms with Crippen molar-refractivity contribution >= 4 is 11.1 Å². The van der Waals surface area contributed by atoms with Crippen LogP contribution in [0.1, 0.15) is 25.7 Å². The van der Waals surface area contributed by atoms with Crippen molar-refractivity contribution in [1.29, 1.82) is 0 Å². The fourth-order valence-corrected chi connectivity index (χ4v) is 1.19. The van der Waals surface area contributed by atoms with Gasteiger partial charge < -0.3 is 4.42 Å². The predicted octanol–water partition coefficient (Wildman–Crippen LogP) is 3.23. The Morgan fingerprint density at radius 3 is 2.50 bits per heavy atom. The summed E-state index contributed by atoms with van der Waals surface area (Å²) >= 11 is 0. The highest BCUT2D eigenvalue weighted by Crippen LogP contribution is 2.22. The molecule has 14 heavy (non-hydrogen) atoms. The third-order valence-electron chi connectivity index (χ3n) is 1.94. The second-order valence-corrected chi connectivity index (χ2v) is 3.44. The molecule has 0 saturated heterocycles. The summed E-state index contributed by atoms with van der Waals surface area (Å²) < 4.78 is 30.8. The van der Waals surface area contributed by atoms with Crippen molar-refractivity contribution in [2.75, 3.05) is 0 Å². The minimum atomic E-state index is -0.913. The maximum atomic E-state index is 12.8. The van der Waals surface area contributed by atoms with E-state index in [9.17, 15) is 8.78 Å². The van der Waals surface area contributed by atoms with Gasteiger partial charge in [0.05, 0.1) is 0 Å². The number of fused-ring (bicyclic) bond motifs is 1. The minimum absolute atomic E-state index is 0.105. The van der Waals surface area contributed by atoms with Gasteiger partial charge in [0.2, 0.25) is 0 Å². The lowest BCUT2D eigenvalue weighted by Gasteiger charge is -1.93. The molecule has 0 spiro atoms. The molecule has 1 aromatic carbocycles. The first-order chi connectivity index (χ1) is 6.58. The highest BCUT2D eigenvalue weighted by Gasteiger charge is 2.12. The number of hydrogen-bond acceptors (Lipinski definition) is 2. The molecule has 0 radical (unpaired) electrons. The minimum Gasteiger partial charge on any atom is -0.440 e. The lowest BCUT2D eigenvalue weighted by molar-refractivity contribution is 0.491. The summed E-state index contributed by atoms with van der Waals surface area (Å²) in [7, 11) is 0. The van der Waals surface area contributed by atoms with Crippen molar-refractivity contribution in [2.45, 2.75) is 19.8 Å². The van der Waals surface area contributed by atoms with Gasteiger partial charge in [0, 0.05) is 18.1 Å².